The summed E-state index contributed by atoms with van der Waals surface area (Å²) in [7, 11) is 0. The molecule has 0 saturated carbocycles. The summed E-state index contributed by atoms with van der Waals surface area (Å²) in [6.07, 6.45) is 4.10. The summed E-state index contributed by atoms with van der Waals surface area (Å²) >= 11 is 7.07. The topological polar surface area (TPSA) is 45.2 Å². The highest BCUT2D eigenvalue weighted by Crippen LogP contribution is 2.30. The maximum Gasteiger partial charge on any atom is 0.169 e. The van der Waals surface area contributed by atoms with E-state index >= 15 is 0 Å². The molecule has 0 spiro atoms. The van der Waals surface area contributed by atoms with Gasteiger partial charge in [-0.25, -0.2) is 4.98 Å². The number of carbonyl (C=O) groups is 1. The molecule has 1 aliphatic heterocycles. The highest BCUT2D eigenvalue weighted by molar-refractivity contribution is 7.80. The third kappa shape index (κ3) is 4.48. The van der Waals surface area contributed by atoms with Gasteiger partial charge in [-0.3, -0.25) is 4.79 Å². The first-order valence-corrected chi connectivity index (χ1v) is 8.86. The molecule has 0 bridgehead atoms. The van der Waals surface area contributed by atoms with Crippen molar-refractivity contribution in [3.63, 3.8) is 0 Å². The molecule has 0 aromatic carbocycles. The zero-order valence-corrected chi connectivity index (χ0v) is 14.3. The van der Waals surface area contributed by atoms with Crippen molar-refractivity contribution in [3.05, 3.63) is 16.1 Å². The molecule has 1 aromatic rings. The number of nitrogens with zero attached hydrogens (tertiary/aromatic N) is 2. The van der Waals surface area contributed by atoms with E-state index in [1.807, 2.05) is 5.38 Å². The van der Waals surface area contributed by atoms with Gasteiger partial charge in [0.1, 0.15) is 5.69 Å². The van der Waals surface area contributed by atoms with E-state index < -0.39 is 0 Å². The number of aldehydes is 1. The minimum atomic E-state index is 0.470. The average Bonchev–Trinajstić information content (AvgIpc) is 3.01. The maximum absolute atomic E-state index is 10.7. The molecule has 0 amide bonds. The fourth-order valence-electron chi connectivity index (χ4n) is 2.39. The molecule has 4 nitrogen and oxygen atoms in total. The number of nitrogens with one attached hydrogen (secondary N) is 1. The first-order valence-electron chi connectivity index (χ1n) is 7.57. The number of carbonyl (C=O) groups excluding carboxylic acids is 1. The Bertz CT molecular complexity index is 481. The molecule has 1 atom stereocenters. The van der Waals surface area contributed by atoms with Gasteiger partial charge < -0.3 is 10.2 Å². The number of thiocarbonyl (C=S) groups is 1. The van der Waals surface area contributed by atoms with Crippen LogP contribution in [-0.4, -0.2) is 40.9 Å². The second-order valence-corrected chi connectivity index (χ2v) is 6.97. The number of aromatic nitrogens is 1. The largest absolute Gasteiger partial charge is 0.362 e. The lowest BCUT2D eigenvalue weighted by atomic mass is 9.98. The van der Waals surface area contributed by atoms with E-state index in [2.05, 4.69) is 29.0 Å². The summed E-state index contributed by atoms with van der Waals surface area (Å²) in [5.41, 5.74) is 0.558. The van der Waals surface area contributed by atoms with Crippen molar-refractivity contribution < 1.29 is 4.79 Å². The summed E-state index contributed by atoms with van der Waals surface area (Å²) in [5, 5.41) is 7.18. The van der Waals surface area contributed by atoms with Crippen LogP contribution in [0.2, 0.25) is 0 Å². The van der Waals surface area contributed by atoms with Gasteiger partial charge in [0.05, 0.1) is 5.01 Å². The third-order valence-electron chi connectivity index (χ3n) is 4.09. The van der Waals surface area contributed by atoms with Gasteiger partial charge in [0.25, 0.3) is 0 Å². The Balaban J connectivity index is 1.79. The number of likely N-dealkylation sites (tertiary alicyclic amines) is 1. The second kappa shape index (κ2) is 7.84. The Labute approximate surface area is 135 Å². The van der Waals surface area contributed by atoms with Crippen LogP contribution in [0, 0.1) is 5.92 Å². The predicted octanol–water partition coefficient (Wildman–Crippen LogP) is 3.06. The average molecular weight is 326 g/mol. The molecule has 1 aromatic heterocycles. The molecule has 116 valence electrons. The molecule has 0 radical (unpaired) electrons. The molecule has 1 N–H and O–H groups in total. The van der Waals surface area contributed by atoms with Crippen LogP contribution in [0.4, 0.5) is 0 Å². The second-order valence-electron chi connectivity index (χ2n) is 5.69. The molecule has 2 heterocycles. The van der Waals surface area contributed by atoms with E-state index in [-0.39, 0.29) is 0 Å². The Hall–Kier alpha value is -1.01. The lowest BCUT2D eigenvalue weighted by Gasteiger charge is -2.33. The number of thiazole rings is 1. The van der Waals surface area contributed by atoms with Crippen LogP contribution < -0.4 is 5.32 Å². The van der Waals surface area contributed by atoms with Gasteiger partial charge in [-0.05, 0) is 31.0 Å². The van der Waals surface area contributed by atoms with Crippen molar-refractivity contribution in [1.29, 1.82) is 0 Å². The Morgan fingerprint density at radius 1 is 1.62 bits per heavy atom. The van der Waals surface area contributed by atoms with Gasteiger partial charge in [0, 0.05) is 30.9 Å². The smallest absolute Gasteiger partial charge is 0.169 e. The van der Waals surface area contributed by atoms with Gasteiger partial charge in [-0.1, -0.05) is 20.3 Å². The standard InChI is InChI=1S/C15H23N3OS2/c1-3-11(2)8-16-15(20)18-6-4-12(5-7-18)14-17-13(9-19)10-21-14/h9-12H,3-8H2,1-2H3,(H,16,20). The molecule has 2 rings (SSSR count). The summed E-state index contributed by atoms with van der Waals surface area (Å²) in [5.74, 6) is 1.12. The minimum absolute atomic E-state index is 0.470. The van der Waals surface area contributed by atoms with Gasteiger partial charge in [-0.2, -0.15) is 0 Å². The molecule has 21 heavy (non-hydrogen) atoms. The Kier molecular flexibility index (Phi) is 6.11. The van der Waals surface area contributed by atoms with Crippen LogP contribution in [0.15, 0.2) is 5.38 Å². The van der Waals surface area contributed by atoms with Crippen molar-refractivity contribution in [2.45, 2.75) is 39.0 Å². The summed E-state index contributed by atoms with van der Waals surface area (Å²) in [6, 6.07) is 0. The van der Waals surface area contributed by atoms with Crippen molar-refractivity contribution >= 4 is 35.0 Å². The lowest BCUT2D eigenvalue weighted by Crippen LogP contribution is -2.45. The number of hydrogen-bond acceptors (Lipinski definition) is 4. The van der Waals surface area contributed by atoms with E-state index in [4.69, 9.17) is 12.2 Å². The van der Waals surface area contributed by atoms with E-state index in [0.29, 0.717) is 17.5 Å². The highest BCUT2D eigenvalue weighted by Gasteiger charge is 2.24. The van der Waals surface area contributed by atoms with Crippen LogP contribution >= 0.6 is 23.6 Å². The number of piperidine rings is 1. The molecular weight excluding hydrogens is 302 g/mol. The van der Waals surface area contributed by atoms with E-state index in [1.54, 1.807) is 11.3 Å². The first kappa shape index (κ1) is 16.4. The van der Waals surface area contributed by atoms with E-state index in [9.17, 15) is 4.79 Å². The van der Waals surface area contributed by atoms with Crippen LogP contribution in [0.1, 0.15) is 54.5 Å². The van der Waals surface area contributed by atoms with Crippen LogP contribution in [-0.2, 0) is 0 Å². The predicted molar refractivity (Wildman–Crippen MR) is 91.1 cm³/mol. The summed E-state index contributed by atoms with van der Waals surface area (Å²) < 4.78 is 0. The van der Waals surface area contributed by atoms with Crippen LogP contribution in [0.5, 0.6) is 0 Å². The third-order valence-corrected chi connectivity index (χ3v) is 5.52. The van der Waals surface area contributed by atoms with Gasteiger partial charge in [0.2, 0.25) is 0 Å². The Morgan fingerprint density at radius 3 is 2.90 bits per heavy atom. The van der Waals surface area contributed by atoms with Crippen molar-refractivity contribution in [1.82, 2.24) is 15.2 Å². The molecule has 1 saturated heterocycles. The maximum atomic E-state index is 10.7. The Morgan fingerprint density at radius 2 is 2.33 bits per heavy atom. The monoisotopic (exact) mass is 325 g/mol. The SMILES string of the molecule is CCC(C)CNC(=S)N1CCC(c2nc(C=O)cs2)CC1. The molecule has 1 unspecified atom stereocenters. The molecule has 6 heteroatoms. The quantitative estimate of drug-likeness (QED) is 0.666. The van der Waals surface area contributed by atoms with Gasteiger partial charge in [-0.15, -0.1) is 11.3 Å². The fourth-order valence-corrected chi connectivity index (χ4v) is 3.59. The number of rotatable bonds is 5. The van der Waals surface area contributed by atoms with Crippen molar-refractivity contribution in [2.24, 2.45) is 5.92 Å². The van der Waals surface area contributed by atoms with Crippen molar-refractivity contribution in [3.8, 4) is 0 Å². The zero-order valence-electron chi connectivity index (χ0n) is 12.7. The van der Waals surface area contributed by atoms with E-state index in [0.717, 1.165) is 48.9 Å². The van der Waals surface area contributed by atoms with Gasteiger partial charge >= 0.3 is 0 Å². The van der Waals surface area contributed by atoms with Crippen LogP contribution in [0.25, 0.3) is 0 Å². The lowest BCUT2D eigenvalue weighted by molar-refractivity contribution is 0.111. The summed E-state index contributed by atoms with van der Waals surface area (Å²) in [4.78, 5) is 17.3. The first-order chi connectivity index (χ1) is 10.1. The fraction of sp³-hybridized carbons (Fsp3) is 0.667. The minimum Gasteiger partial charge on any atom is -0.362 e. The molecule has 0 aliphatic carbocycles. The van der Waals surface area contributed by atoms with E-state index in [1.165, 1.54) is 6.42 Å². The molecule has 1 fully saturated rings. The number of hydrogen-bond donors (Lipinski definition) is 1. The molecule has 1 aliphatic rings. The van der Waals surface area contributed by atoms with Gasteiger partial charge in [0.15, 0.2) is 11.4 Å². The zero-order chi connectivity index (χ0) is 15.2. The normalized spacial score (nSPS) is 17.5. The van der Waals surface area contributed by atoms with Crippen LogP contribution in [0.3, 0.4) is 0 Å². The van der Waals surface area contributed by atoms with Crippen molar-refractivity contribution in [2.75, 3.05) is 19.6 Å². The summed E-state index contributed by atoms with van der Waals surface area (Å²) in [6.45, 7) is 7.31. The highest BCUT2D eigenvalue weighted by atomic mass is 32.1. The molecular formula is C15H23N3OS2.